The third-order valence-electron chi connectivity index (χ3n) is 1.74. The molecule has 0 aromatic carbocycles. The van der Waals surface area contributed by atoms with Crippen molar-refractivity contribution in [1.82, 2.24) is 0 Å². The van der Waals surface area contributed by atoms with Crippen LogP contribution in [0.5, 0.6) is 0 Å². The summed E-state index contributed by atoms with van der Waals surface area (Å²) in [4.78, 5) is 12.0. The van der Waals surface area contributed by atoms with Gasteiger partial charge < -0.3 is 5.11 Å². The Morgan fingerprint density at radius 1 is 1.60 bits per heavy atom. The van der Waals surface area contributed by atoms with Crippen LogP contribution in [0, 0.1) is 11.3 Å². The molecule has 1 aromatic heterocycles. The molecule has 0 saturated carbocycles. The average molecular weight is 241 g/mol. The number of hydrogen-bond acceptors (Lipinski definition) is 4. The maximum absolute atomic E-state index is 10.6. The monoisotopic (exact) mass is 241 g/mol. The normalized spacial score (nSPS) is 9.80. The Morgan fingerprint density at radius 3 is 3.00 bits per heavy atom. The van der Waals surface area contributed by atoms with Gasteiger partial charge in [-0.3, -0.25) is 0 Å². The van der Waals surface area contributed by atoms with Gasteiger partial charge in [-0.1, -0.05) is 0 Å². The number of nitriles is 1. The van der Waals surface area contributed by atoms with Gasteiger partial charge in [0.2, 0.25) is 0 Å². The highest BCUT2D eigenvalue weighted by molar-refractivity contribution is 7.99. The van der Waals surface area contributed by atoms with Crippen LogP contribution in [-0.2, 0) is 0 Å². The van der Waals surface area contributed by atoms with Crippen molar-refractivity contribution in [2.75, 3.05) is 5.75 Å². The predicted octanol–water partition coefficient (Wildman–Crippen LogP) is 3.23. The minimum absolute atomic E-state index is 0.384. The van der Waals surface area contributed by atoms with Crippen molar-refractivity contribution in [1.29, 1.82) is 5.26 Å². The van der Waals surface area contributed by atoms with Crippen LogP contribution in [-0.4, -0.2) is 16.8 Å². The Balaban J connectivity index is 2.26. The van der Waals surface area contributed by atoms with E-state index in [9.17, 15) is 4.79 Å². The predicted molar refractivity (Wildman–Crippen MR) is 61.5 cm³/mol. The van der Waals surface area contributed by atoms with Gasteiger partial charge in [0.05, 0.1) is 6.07 Å². The van der Waals surface area contributed by atoms with Gasteiger partial charge in [-0.2, -0.15) is 5.26 Å². The Kier molecular flexibility index (Phi) is 5.22. The zero-order valence-electron chi connectivity index (χ0n) is 8.10. The minimum atomic E-state index is -0.865. The van der Waals surface area contributed by atoms with Gasteiger partial charge in [-0.15, -0.1) is 23.1 Å². The first kappa shape index (κ1) is 12.1. The second-order valence-corrected chi connectivity index (χ2v) is 5.00. The van der Waals surface area contributed by atoms with E-state index in [1.165, 1.54) is 11.3 Å². The number of nitrogens with zero attached hydrogens (tertiary/aromatic N) is 1. The molecule has 0 radical (unpaired) electrons. The number of rotatable bonds is 6. The number of carbonyl (C=O) groups is 1. The van der Waals surface area contributed by atoms with Crippen molar-refractivity contribution >= 4 is 29.1 Å². The number of carboxylic acid groups (broad SMARTS) is 1. The molecule has 5 heteroatoms. The molecule has 0 aliphatic rings. The van der Waals surface area contributed by atoms with Crippen molar-refractivity contribution in [2.45, 2.75) is 24.2 Å². The summed E-state index contributed by atoms with van der Waals surface area (Å²) in [5.41, 5.74) is 0. The summed E-state index contributed by atoms with van der Waals surface area (Å²) in [5.74, 6) is 0.0774. The molecule has 3 nitrogen and oxygen atoms in total. The molecular formula is C10H11NO2S2. The molecule has 1 N–H and O–H groups in total. The van der Waals surface area contributed by atoms with E-state index in [2.05, 4.69) is 6.07 Å². The topological polar surface area (TPSA) is 61.1 Å². The molecule has 1 aromatic rings. The SMILES string of the molecule is N#CCCCCSc1csc(C(=O)O)c1. The first-order valence-electron chi connectivity index (χ1n) is 4.55. The van der Waals surface area contributed by atoms with E-state index in [0.29, 0.717) is 11.3 Å². The summed E-state index contributed by atoms with van der Waals surface area (Å²) < 4.78 is 0. The molecule has 0 aliphatic heterocycles. The van der Waals surface area contributed by atoms with Crippen LogP contribution in [0.3, 0.4) is 0 Å². The van der Waals surface area contributed by atoms with Crippen LogP contribution in [0.15, 0.2) is 16.3 Å². The van der Waals surface area contributed by atoms with Crippen LogP contribution >= 0.6 is 23.1 Å². The van der Waals surface area contributed by atoms with E-state index in [1.54, 1.807) is 17.8 Å². The average Bonchev–Trinajstić information content (AvgIpc) is 2.66. The lowest BCUT2D eigenvalue weighted by Gasteiger charge is -1.95. The molecule has 0 unspecified atom stereocenters. The summed E-state index contributed by atoms with van der Waals surface area (Å²) in [6.07, 6.45) is 2.51. The molecule has 0 bridgehead atoms. The van der Waals surface area contributed by atoms with E-state index in [-0.39, 0.29) is 0 Å². The van der Waals surface area contributed by atoms with Gasteiger partial charge in [0.15, 0.2) is 0 Å². The Bertz CT molecular complexity index is 368. The van der Waals surface area contributed by atoms with Gasteiger partial charge in [0.1, 0.15) is 4.88 Å². The van der Waals surface area contributed by atoms with E-state index < -0.39 is 5.97 Å². The van der Waals surface area contributed by atoms with Gasteiger partial charge in [0, 0.05) is 16.7 Å². The van der Waals surface area contributed by atoms with E-state index in [4.69, 9.17) is 10.4 Å². The van der Waals surface area contributed by atoms with E-state index in [0.717, 1.165) is 23.5 Å². The van der Waals surface area contributed by atoms with Gasteiger partial charge in [-0.05, 0) is 24.7 Å². The third-order valence-corrected chi connectivity index (χ3v) is 3.87. The summed E-state index contributed by atoms with van der Waals surface area (Å²) in [6.45, 7) is 0. The van der Waals surface area contributed by atoms with Crippen LogP contribution in [0.25, 0.3) is 0 Å². The Labute approximate surface area is 96.7 Å². The summed E-state index contributed by atoms with van der Waals surface area (Å²) in [6, 6.07) is 3.80. The molecule has 15 heavy (non-hydrogen) atoms. The molecule has 0 fully saturated rings. The van der Waals surface area contributed by atoms with Crippen molar-refractivity contribution in [2.24, 2.45) is 0 Å². The number of thiophene rings is 1. The lowest BCUT2D eigenvalue weighted by atomic mass is 10.3. The molecule has 0 saturated heterocycles. The molecule has 0 atom stereocenters. The van der Waals surface area contributed by atoms with Crippen LogP contribution < -0.4 is 0 Å². The van der Waals surface area contributed by atoms with Crippen molar-refractivity contribution in [3.05, 3.63) is 16.3 Å². The third kappa shape index (κ3) is 4.36. The molecule has 0 amide bonds. The molecule has 0 aliphatic carbocycles. The van der Waals surface area contributed by atoms with Crippen molar-refractivity contribution < 1.29 is 9.90 Å². The Hall–Kier alpha value is -0.990. The zero-order chi connectivity index (χ0) is 11.1. The fourth-order valence-electron chi connectivity index (χ4n) is 1.00. The zero-order valence-corrected chi connectivity index (χ0v) is 9.74. The summed E-state index contributed by atoms with van der Waals surface area (Å²) in [7, 11) is 0. The van der Waals surface area contributed by atoms with Gasteiger partial charge in [-0.25, -0.2) is 4.79 Å². The van der Waals surface area contributed by atoms with Crippen LogP contribution in [0.2, 0.25) is 0 Å². The van der Waals surface area contributed by atoms with Crippen LogP contribution in [0.1, 0.15) is 28.9 Å². The highest BCUT2D eigenvalue weighted by Gasteiger charge is 2.06. The molecule has 1 rings (SSSR count). The number of aromatic carboxylic acids is 1. The fourth-order valence-corrected chi connectivity index (χ4v) is 2.89. The lowest BCUT2D eigenvalue weighted by Crippen LogP contribution is -1.89. The van der Waals surface area contributed by atoms with E-state index >= 15 is 0 Å². The van der Waals surface area contributed by atoms with E-state index in [1.807, 2.05) is 5.38 Å². The molecular weight excluding hydrogens is 230 g/mol. The number of hydrogen-bond donors (Lipinski definition) is 1. The molecule has 0 spiro atoms. The number of unbranched alkanes of at least 4 members (excludes halogenated alkanes) is 2. The fraction of sp³-hybridized carbons (Fsp3) is 0.400. The van der Waals surface area contributed by atoms with Crippen molar-refractivity contribution in [3.63, 3.8) is 0 Å². The number of carboxylic acids is 1. The molecule has 1 heterocycles. The van der Waals surface area contributed by atoms with Gasteiger partial charge in [0.25, 0.3) is 0 Å². The summed E-state index contributed by atoms with van der Waals surface area (Å²) >= 11 is 2.90. The first-order valence-corrected chi connectivity index (χ1v) is 6.42. The van der Waals surface area contributed by atoms with Crippen LogP contribution in [0.4, 0.5) is 0 Å². The maximum Gasteiger partial charge on any atom is 0.345 e. The second kappa shape index (κ2) is 6.49. The minimum Gasteiger partial charge on any atom is -0.477 e. The quantitative estimate of drug-likeness (QED) is 0.613. The number of thioether (sulfide) groups is 1. The largest absolute Gasteiger partial charge is 0.477 e. The highest BCUT2D eigenvalue weighted by Crippen LogP contribution is 2.25. The highest BCUT2D eigenvalue weighted by atomic mass is 32.2. The second-order valence-electron chi connectivity index (χ2n) is 2.92. The lowest BCUT2D eigenvalue weighted by molar-refractivity contribution is 0.0702. The van der Waals surface area contributed by atoms with Gasteiger partial charge >= 0.3 is 5.97 Å². The van der Waals surface area contributed by atoms with Crippen molar-refractivity contribution in [3.8, 4) is 6.07 Å². The summed E-state index contributed by atoms with van der Waals surface area (Å²) in [5, 5.41) is 18.9. The smallest absolute Gasteiger partial charge is 0.345 e. The molecule has 80 valence electrons. The maximum atomic E-state index is 10.6. The Morgan fingerprint density at radius 2 is 2.40 bits per heavy atom. The standard InChI is InChI=1S/C10H11NO2S2/c11-4-2-1-3-5-14-8-6-9(10(12)13)15-7-8/h6-7H,1-3,5H2,(H,12,13). The first-order chi connectivity index (χ1) is 7.24.